The third kappa shape index (κ3) is 8.95. The van der Waals surface area contributed by atoms with Gasteiger partial charge in [0.2, 0.25) is 11.8 Å². The van der Waals surface area contributed by atoms with Crippen LogP contribution in [-0.2, 0) is 13.0 Å². The van der Waals surface area contributed by atoms with E-state index in [2.05, 4.69) is 104 Å². The van der Waals surface area contributed by atoms with Crippen LogP contribution in [0.2, 0.25) is 0 Å². The van der Waals surface area contributed by atoms with Gasteiger partial charge in [-0.1, -0.05) is 71.0 Å². The summed E-state index contributed by atoms with van der Waals surface area (Å²) in [4.78, 5) is 39.1. The number of carbonyl (C=O) groups excluding carboxylic acids is 1. The molecule has 1 aromatic carbocycles. The Bertz CT molecular complexity index is 2120. The van der Waals surface area contributed by atoms with Crippen molar-refractivity contribution in [3.63, 3.8) is 0 Å². The zero-order chi connectivity index (χ0) is 40.3. The summed E-state index contributed by atoms with van der Waals surface area (Å²) in [5.74, 6) is 2.85. The van der Waals surface area contributed by atoms with Crippen molar-refractivity contribution in [1.82, 2.24) is 44.7 Å². The van der Waals surface area contributed by atoms with Gasteiger partial charge in [-0.25, -0.2) is 19.9 Å². The Labute approximate surface area is 342 Å². The molecule has 58 heavy (non-hydrogen) atoms. The molecule has 13 nitrogen and oxygen atoms in total. The average molecular weight is 786 g/mol. The minimum Gasteiger partial charge on any atom is -0.476 e. The number of nitrogens with one attached hydrogen (secondary N) is 2. The topological polar surface area (TPSA) is 129 Å². The lowest BCUT2D eigenvalue weighted by Gasteiger charge is -2.57. The molecule has 2 aliphatic heterocycles. The van der Waals surface area contributed by atoms with Gasteiger partial charge in [0.15, 0.2) is 5.65 Å². The summed E-state index contributed by atoms with van der Waals surface area (Å²) >= 11 is 0. The molecule has 2 saturated heterocycles. The number of rotatable bonds is 14. The monoisotopic (exact) mass is 785 g/mol. The second-order valence-electron chi connectivity index (χ2n) is 17.8. The number of hydrogen-bond acceptors (Lipinski definition) is 11. The quantitative estimate of drug-likeness (QED) is 0.133. The third-order valence-corrected chi connectivity index (χ3v) is 12.5. The van der Waals surface area contributed by atoms with E-state index in [1.54, 1.807) is 12.4 Å². The van der Waals surface area contributed by atoms with Crippen LogP contribution in [0.3, 0.4) is 0 Å². The van der Waals surface area contributed by atoms with Gasteiger partial charge in [-0.05, 0) is 48.0 Å². The van der Waals surface area contributed by atoms with Crippen molar-refractivity contribution in [2.75, 3.05) is 69.2 Å². The van der Waals surface area contributed by atoms with Crippen molar-refractivity contribution in [2.45, 2.75) is 72.9 Å². The van der Waals surface area contributed by atoms with Crippen LogP contribution in [0.15, 0.2) is 73.3 Å². The van der Waals surface area contributed by atoms with Gasteiger partial charge in [-0.3, -0.25) is 9.69 Å². The summed E-state index contributed by atoms with van der Waals surface area (Å²) in [6.07, 6.45) is 11.4. The average Bonchev–Trinajstić information content (AvgIpc) is 3.66. The molecule has 0 radical (unpaired) electrons. The number of piperazine rings is 1. The number of fused-ring (bicyclic) bond motifs is 1. The van der Waals surface area contributed by atoms with Crippen LogP contribution < -0.4 is 20.3 Å². The molecular formula is C45H59N11O2. The van der Waals surface area contributed by atoms with Crippen LogP contribution in [0.25, 0.3) is 16.9 Å². The number of pyridine rings is 1. The van der Waals surface area contributed by atoms with Crippen LogP contribution in [0, 0.1) is 16.7 Å². The van der Waals surface area contributed by atoms with Crippen molar-refractivity contribution in [2.24, 2.45) is 16.7 Å². The molecule has 0 spiro atoms. The molecule has 3 aliphatic rings. The van der Waals surface area contributed by atoms with E-state index in [-0.39, 0.29) is 22.8 Å². The van der Waals surface area contributed by atoms with Gasteiger partial charge in [0.1, 0.15) is 12.4 Å². The van der Waals surface area contributed by atoms with Crippen molar-refractivity contribution in [3.8, 4) is 17.1 Å². The Balaban J connectivity index is 0.730. The van der Waals surface area contributed by atoms with E-state index in [0.717, 1.165) is 118 Å². The first-order valence-corrected chi connectivity index (χ1v) is 21.1. The fourth-order valence-electron chi connectivity index (χ4n) is 9.60. The number of hydrogen-bond donors (Lipinski definition) is 2. The summed E-state index contributed by atoms with van der Waals surface area (Å²) < 4.78 is 7.96. The fraction of sp³-hybridized carbons (Fsp3) is 0.511. The summed E-state index contributed by atoms with van der Waals surface area (Å²) in [5.41, 5.74) is 5.78. The lowest BCUT2D eigenvalue weighted by molar-refractivity contribution is -0.0366. The molecule has 0 unspecified atom stereocenters. The minimum atomic E-state index is -0.0849. The molecule has 2 N–H and O–H groups in total. The number of anilines is 2. The summed E-state index contributed by atoms with van der Waals surface area (Å²) in [7, 11) is 0. The van der Waals surface area contributed by atoms with Gasteiger partial charge in [-0.2, -0.15) is 9.61 Å². The number of nitrogens with zero attached hydrogens (tertiary/aromatic N) is 9. The number of aromatic nitrogens is 6. The minimum absolute atomic E-state index is 0.0849. The molecule has 5 aromatic rings. The lowest BCUT2D eigenvalue weighted by Crippen LogP contribution is -2.63. The second kappa shape index (κ2) is 17.0. The zero-order valence-corrected chi connectivity index (χ0v) is 34.8. The molecule has 13 heteroatoms. The molecule has 1 aliphatic carbocycles. The molecule has 0 atom stereocenters. The molecule has 6 heterocycles. The van der Waals surface area contributed by atoms with Crippen molar-refractivity contribution in [3.05, 3.63) is 90.0 Å². The smallest absolute Gasteiger partial charge is 0.254 e. The van der Waals surface area contributed by atoms with Crippen molar-refractivity contribution < 1.29 is 9.53 Å². The van der Waals surface area contributed by atoms with E-state index in [4.69, 9.17) is 9.72 Å². The van der Waals surface area contributed by atoms with Gasteiger partial charge in [-0.15, -0.1) is 0 Å². The zero-order valence-electron chi connectivity index (χ0n) is 34.8. The normalized spacial score (nSPS) is 18.9. The SMILES string of the molecule is CCc1cnn2c(NCc3ccc(OCCN4CCN(CC5CCN(c6ncc(C(=O)NC7C(C)(C)CC7(C)C)cn6)CC5)CC4)nc3)cc(-c3ccccc3)nc12. The maximum Gasteiger partial charge on any atom is 0.254 e. The highest BCUT2D eigenvalue weighted by Gasteiger charge is 2.53. The first-order chi connectivity index (χ1) is 28.0. The predicted molar refractivity (Wildman–Crippen MR) is 228 cm³/mol. The molecule has 306 valence electrons. The highest BCUT2D eigenvalue weighted by atomic mass is 16.5. The summed E-state index contributed by atoms with van der Waals surface area (Å²) in [5, 5.41) is 11.4. The van der Waals surface area contributed by atoms with Gasteiger partial charge in [0.05, 0.1) is 17.5 Å². The fourth-order valence-corrected chi connectivity index (χ4v) is 9.60. The standard InChI is InChI=1S/C45H59N11O2/c1-6-34-29-50-56-38(24-37(51-40(34)56)35-10-8-7-9-11-35)46-25-33-12-13-39(47-26-33)58-23-22-53-18-20-54(21-19-53)30-32-14-16-55(17-15-32)43-48-27-36(28-49-43)41(57)52-42-44(2,3)31-45(42,4)5/h7-13,24,26-29,32,42,46H,6,14-23,25,30-31H2,1-5H3,(H,52,57). The highest BCUT2D eigenvalue weighted by Crippen LogP contribution is 2.53. The largest absolute Gasteiger partial charge is 0.476 e. The van der Waals surface area contributed by atoms with Crippen LogP contribution in [0.1, 0.15) is 75.4 Å². The molecule has 3 fully saturated rings. The molecule has 1 saturated carbocycles. The first-order valence-electron chi connectivity index (χ1n) is 21.1. The Kier molecular flexibility index (Phi) is 11.6. The van der Waals surface area contributed by atoms with E-state index < -0.39 is 0 Å². The Morgan fingerprint density at radius 1 is 0.862 bits per heavy atom. The summed E-state index contributed by atoms with van der Waals surface area (Å²) in [6.45, 7) is 20.4. The van der Waals surface area contributed by atoms with E-state index in [9.17, 15) is 4.79 Å². The number of piperidine rings is 1. The number of amides is 1. The van der Waals surface area contributed by atoms with Gasteiger partial charge >= 0.3 is 0 Å². The molecule has 4 aromatic heterocycles. The summed E-state index contributed by atoms with van der Waals surface area (Å²) in [6, 6.07) is 16.5. The maximum atomic E-state index is 13.0. The predicted octanol–water partition coefficient (Wildman–Crippen LogP) is 6.22. The van der Waals surface area contributed by atoms with E-state index in [1.165, 1.54) is 0 Å². The van der Waals surface area contributed by atoms with Gasteiger partial charge < -0.3 is 25.2 Å². The van der Waals surface area contributed by atoms with Crippen molar-refractivity contribution >= 4 is 23.3 Å². The Hall–Kier alpha value is -5.14. The number of carbonyl (C=O) groups is 1. The third-order valence-electron chi connectivity index (χ3n) is 12.5. The Morgan fingerprint density at radius 2 is 1.59 bits per heavy atom. The first kappa shape index (κ1) is 39.7. The van der Waals surface area contributed by atoms with E-state index >= 15 is 0 Å². The van der Waals surface area contributed by atoms with Gasteiger partial charge in [0.25, 0.3) is 5.91 Å². The Morgan fingerprint density at radius 3 is 2.26 bits per heavy atom. The van der Waals surface area contributed by atoms with Gasteiger partial charge in [0, 0.05) is 107 Å². The molecule has 0 bridgehead atoms. The number of aryl methyl sites for hydroxylation is 1. The van der Waals surface area contributed by atoms with Crippen LogP contribution >= 0.6 is 0 Å². The molecule has 8 rings (SSSR count). The van der Waals surface area contributed by atoms with E-state index in [1.807, 2.05) is 41.2 Å². The maximum absolute atomic E-state index is 13.0. The second-order valence-corrected chi connectivity index (χ2v) is 17.8. The van der Waals surface area contributed by atoms with Crippen molar-refractivity contribution in [1.29, 1.82) is 0 Å². The van der Waals surface area contributed by atoms with Crippen LogP contribution in [0.4, 0.5) is 11.8 Å². The van der Waals surface area contributed by atoms with Crippen LogP contribution in [0.5, 0.6) is 5.88 Å². The lowest BCUT2D eigenvalue weighted by atomic mass is 9.52. The molecular weight excluding hydrogens is 727 g/mol. The number of benzene rings is 1. The number of ether oxygens (including phenoxy) is 1. The molecule has 1 amide bonds. The van der Waals surface area contributed by atoms with E-state index in [0.29, 0.717) is 30.5 Å². The highest BCUT2D eigenvalue weighted by molar-refractivity contribution is 5.94. The van der Waals surface area contributed by atoms with Crippen LogP contribution in [-0.4, -0.2) is 110 Å².